The van der Waals surface area contributed by atoms with Crippen LogP contribution >= 0.6 is 0 Å². The molecule has 0 atom stereocenters. The van der Waals surface area contributed by atoms with E-state index >= 15 is 0 Å². The molecule has 2 amide bonds. The standard InChI is InChI=1S/C14H18N2O4.Cu/c1-10-5-4-6-11(2)13(10)16(12(17)9-19-3)15-7-8-20-14(15)18;/h4-6H,7-9H2,1-3H3;. The van der Waals surface area contributed by atoms with E-state index in [-0.39, 0.29) is 36.2 Å². The molecule has 21 heavy (non-hydrogen) atoms. The summed E-state index contributed by atoms with van der Waals surface area (Å²) in [6.45, 7) is 4.33. The molecule has 1 radical (unpaired) electrons. The summed E-state index contributed by atoms with van der Waals surface area (Å²) in [7, 11) is 1.45. The maximum Gasteiger partial charge on any atom is 0.429 e. The van der Waals surface area contributed by atoms with Gasteiger partial charge in [-0.05, 0) is 25.0 Å². The van der Waals surface area contributed by atoms with Gasteiger partial charge in [-0.1, -0.05) is 18.2 Å². The number of carbonyl (C=O) groups excluding carboxylic acids is 2. The Balaban J connectivity index is 0.00000220. The Hall–Kier alpha value is -1.56. The Labute approximate surface area is 134 Å². The summed E-state index contributed by atoms with van der Waals surface area (Å²) < 4.78 is 9.84. The van der Waals surface area contributed by atoms with Crippen molar-refractivity contribution in [2.75, 3.05) is 31.9 Å². The zero-order valence-corrected chi connectivity index (χ0v) is 13.1. The Bertz CT molecular complexity index is 515. The number of nitrogens with zero attached hydrogens (tertiary/aromatic N) is 2. The number of hydrogen-bond donors (Lipinski definition) is 0. The van der Waals surface area contributed by atoms with Crippen LogP contribution in [0.25, 0.3) is 0 Å². The van der Waals surface area contributed by atoms with E-state index in [1.807, 2.05) is 32.0 Å². The van der Waals surface area contributed by atoms with E-state index in [1.54, 1.807) is 0 Å². The molecule has 1 heterocycles. The van der Waals surface area contributed by atoms with Crippen molar-refractivity contribution in [3.05, 3.63) is 29.3 Å². The molecule has 0 aromatic heterocycles. The van der Waals surface area contributed by atoms with Crippen LogP contribution in [-0.2, 0) is 31.3 Å². The van der Waals surface area contributed by atoms with Crippen molar-refractivity contribution in [3.8, 4) is 0 Å². The number of benzene rings is 1. The van der Waals surface area contributed by atoms with Crippen molar-refractivity contribution in [3.63, 3.8) is 0 Å². The van der Waals surface area contributed by atoms with Gasteiger partial charge in [-0.15, -0.1) is 0 Å². The van der Waals surface area contributed by atoms with Crippen molar-refractivity contribution in [2.45, 2.75) is 13.8 Å². The number of methoxy groups -OCH3 is 1. The summed E-state index contributed by atoms with van der Waals surface area (Å²) in [5, 5.41) is 2.68. The molecule has 1 aliphatic heterocycles. The first-order valence-corrected chi connectivity index (χ1v) is 6.38. The molecule has 6 nitrogen and oxygen atoms in total. The summed E-state index contributed by atoms with van der Waals surface area (Å²) in [5.41, 5.74) is 2.52. The molecular formula is C14H18CuN2O4. The van der Waals surface area contributed by atoms with Gasteiger partial charge in [0.25, 0.3) is 5.91 Å². The van der Waals surface area contributed by atoms with Gasteiger partial charge >= 0.3 is 6.09 Å². The molecule has 0 saturated carbocycles. The number of aryl methyl sites for hydroxylation is 2. The van der Waals surface area contributed by atoms with Crippen LogP contribution in [0.2, 0.25) is 0 Å². The number of cyclic esters (lactones) is 1. The quantitative estimate of drug-likeness (QED) is 0.781. The van der Waals surface area contributed by atoms with Crippen LogP contribution in [0.5, 0.6) is 0 Å². The third kappa shape index (κ3) is 3.56. The first-order valence-electron chi connectivity index (χ1n) is 6.38. The molecule has 2 rings (SSSR count). The molecule has 0 N–H and O–H groups in total. The minimum Gasteiger partial charge on any atom is -0.446 e. The maximum atomic E-state index is 12.3. The summed E-state index contributed by atoms with van der Waals surface area (Å²) in [6.07, 6.45) is -0.517. The zero-order valence-electron chi connectivity index (χ0n) is 12.2. The Morgan fingerprint density at radius 3 is 2.48 bits per heavy atom. The van der Waals surface area contributed by atoms with Crippen molar-refractivity contribution in [1.29, 1.82) is 0 Å². The van der Waals surface area contributed by atoms with E-state index in [0.717, 1.165) is 11.1 Å². The molecule has 1 aromatic rings. The van der Waals surface area contributed by atoms with Gasteiger partial charge in [0, 0.05) is 24.2 Å². The fourth-order valence-corrected chi connectivity index (χ4v) is 2.27. The minimum atomic E-state index is -0.517. The second kappa shape index (κ2) is 7.45. The van der Waals surface area contributed by atoms with Gasteiger partial charge in [0.15, 0.2) is 0 Å². The number of para-hydroxylation sites is 1. The molecule has 0 unspecified atom stereocenters. The Morgan fingerprint density at radius 2 is 2.00 bits per heavy atom. The average molecular weight is 342 g/mol. The van der Waals surface area contributed by atoms with Gasteiger partial charge in [-0.2, -0.15) is 0 Å². The summed E-state index contributed by atoms with van der Waals surface area (Å²) in [4.78, 5) is 24.1. The number of hydrazine groups is 1. The molecule has 0 spiro atoms. The first-order chi connectivity index (χ1) is 9.56. The van der Waals surface area contributed by atoms with Crippen molar-refractivity contribution >= 4 is 17.7 Å². The normalized spacial score (nSPS) is 13.7. The Morgan fingerprint density at radius 1 is 1.38 bits per heavy atom. The van der Waals surface area contributed by atoms with Crippen LogP contribution in [-0.4, -0.2) is 43.9 Å². The summed E-state index contributed by atoms with van der Waals surface area (Å²) in [5.74, 6) is -0.302. The minimum absolute atomic E-state index is 0. The number of hydrogen-bond acceptors (Lipinski definition) is 4. The third-order valence-electron chi connectivity index (χ3n) is 3.14. The van der Waals surface area contributed by atoms with E-state index in [0.29, 0.717) is 12.2 Å². The van der Waals surface area contributed by atoms with Gasteiger partial charge in [0.1, 0.15) is 13.2 Å². The molecular weight excluding hydrogens is 324 g/mol. The second-order valence-corrected chi connectivity index (χ2v) is 4.62. The molecule has 1 aliphatic rings. The monoisotopic (exact) mass is 341 g/mol. The van der Waals surface area contributed by atoms with E-state index < -0.39 is 6.09 Å². The number of carbonyl (C=O) groups is 2. The predicted molar refractivity (Wildman–Crippen MR) is 73.3 cm³/mol. The van der Waals surface area contributed by atoms with E-state index in [4.69, 9.17) is 9.47 Å². The average Bonchev–Trinajstić information content (AvgIpc) is 2.80. The van der Waals surface area contributed by atoms with E-state index in [1.165, 1.54) is 17.1 Å². The second-order valence-electron chi connectivity index (χ2n) is 4.62. The topological polar surface area (TPSA) is 59.1 Å². The number of amides is 2. The molecule has 7 heteroatoms. The van der Waals surface area contributed by atoms with Crippen LogP contribution in [0.1, 0.15) is 11.1 Å². The van der Waals surface area contributed by atoms with Crippen LogP contribution in [0.4, 0.5) is 10.5 Å². The Kier molecular flexibility index (Phi) is 6.20. The van der Waals surface area contributed by atoms with Crippen molar-refractivity contribution in [2.24, 2.45) is 0 Å². The number of rotatable bonds is 4. The van der Waals surface area contributed by atoms with Gasteiger partial charge < -0.3 is 9.47 Å². The molecule has 0 aliphatic carbocycles. The van der Waals surface area contributed by atoms with Crippen molar-refractivity contribution in [1.82, 2.24) is 5.01 Å². The molecule has 0 bridgehead atoms. The van der Waals surface area contributed by atoms with Gasteiger partial charge in [-0.3, -0.25) is 4.79 Å². The van der Waals surface area contributed by atoms with Crippen LogP contribution in [0, 0.1) is 13.8 Å². The summed E-state index contributed by atoms with van der Waals surface area (Å²) in [6, 6.07) is 5.71. The molecule has 1 fully saturated rings. The van der Waals surface area contributed by atoms with E-state index in [2.05, 4.69) is 0 Å². The molecule has 1 aromatic carbocycles. The number of ether oxygens (including phenoxy) is 2. The van der Waals surface area contributed by atoms with Gasteiger partial charge in [-0.25, -0.2) is 14.8 Å². The fraction of sp³-hybridized carbons (Fsp3) is 0.429. The third-order valence-corrected chi connectivity index (χ3v) is 3.14. The summed E-state index contributed by atoms with van der Waals surface area (Å²) >= 11 is 0. The van der Waals surface area contributed by atoms with Crippen LogP contribution in [0.3, 0.4) is 0 Å². The van der Waals surface area contributed by atoms with Crippen LogP contribution < -0.4 is 5.01 Å². The molecule has 1 saturated heterocycles. The van der Waals surface area contributed by atoms with E-state index in [9.17, 15) is 9.59 Å². The first kappa shape index (κ1) is 17.5. The smallest absolute Gasteiger partial charge is 0.429 e. The molecule has 119 valence electrons. The zero-order chi connectivity index (χ0) is 14.7. The maximum absolute atomic E-state index is 12.3. The largest absolute Gasteiger partial charge is 0.446 e. The van der Waals surface area contributed by atoms with Crippen LogP contribution in [0.15, 0.2) is 18.2 Å². The number of anilines is 1. The van der Waals surface area contributed by atoms with Crippen molar-refractivity contribution < 1.29 is 36.1 Å². The van der Waals surface area contributed by atoms with Gasteiger partial charge in [0.2, 0.25) is 0 Å². The van der Waals surface area contributed by atoms with Gasteiger partial charge in [0.05, 0.1) is 12.2 Å². The SMILES string of the molecule is COCC(=O)N(c1c(C)cccc1C)N1CCOC1=O.[Cu]. The predicted octanol–water partition coefficient (Wildman–Crippen LogP) is 1.65. The fourth-order valence-electron chi connectivity index (χ4n) is 2.27.